The second-order valence-corrected chi connectivity index (χ2v) is 6.65. The van der Waals surface area contributed by atoms with Crippen molar-refractivity contribution in [2.24, 2.45) is 0 Å². The first-order valence-corrected chi connectivity index (χ1v) is 8.89. The molecule has 2 aromatic carbocycles. The zero-order valence-corrected chi connectivity index (χ0v) is 15.7. The van der Waals surface area contributed by atoms with Gasteiger partial charge in [0.2, 0.25) is 0 Å². The van der Waals surface area contributed by atoms with Gasteiger partial charge in [0.25, 0.3) is 0 Å². The summed E-state index contributed by atoms with van der Waals surface area (Å²) >= 11 is 5.70. The summed E-state index contributed by atoms with van der Waals surface area (Å²) in [4.78, 5) is 2.24. The molecule has 0 aromatic heterocycles. The monoisotopic (exact) mass is 356 g/mol. The molecule has 25 heavy (non-hydrogen) atoms. The molecule has 0 radical (unpaired) electrons. The lowest BCUT2D eigenvalue weighted by molar-refractivity contribution is 0.362. The molecule has 1 atom stereocenters. The number of rotatable bonds is 4. The summed E-state index contributed by atoms with van der Waals surface area (Å²) < 4.78 is 11.0. The van der Waals surface area contributed by atoms with Gasteiger partial charge in [-0.15, -0.1) is 0 Å². The Balaban J connectivity index is 1.84. The summed E-state index contributed by atoms with van der Waals surface area (Å²) in [5, 5.41) is 4.12. The second-order valence-electron chi connectivity index (χ2n) is 6.26. The molecule has 0 bridgehead atoms. The highest BCUT2D eigenvalue weighted by Crippen LogP contribution is 2.39. The Labute approximate surface area is 154 Å². The van der Waals surface area contributed by atoms with E-state index in [1.54, 1.807) is 14.2 Å². The molecule has 0 spiro atoms. The largest absolute Gasteiger partial charge is 0.497 e. The van der Waals surface area contributed by atoms with E-state index in [9.17, 15) is 0 Å². The van der Waals surface area contributed by atoms with Gasteiger partial charge in [0, 0.05) is 17.8 Å². The van der Waals surface area contributed by atoms with Crippen LogP contribution in [0.15, 0.2) is 42.5 Å². The molecule has 0 unspecified atom stereocenters. The number of methoxy groups -OCH3 is 2. The van der Waals surface area contributed by atoms with E-state index >= 15 is 0 Å². The van der Waals surface area contributed by atoms with Crippen LogP contribution < -0.4 is 14.8 Å². The fourth-order valence-electron chi connectivity index (χ4n) is 3.35. The summed E-state index contributed by atoms with van der Waals surface area (Å²) in [5.41, 5.74) is 3.35. The number of aryl methyl sites for hydroxylation is 1. The molecule has 1 saturated heterocycles. The number of benzene rings is 2. The van der Waals surface area contributed by atoms with E-state index in [1.165, 1.54) is 5.56 Å². The predicted octanol–water partition coefficient (Wildman–Crippen LogP) is 4.55. The Morgan fingerprint density at radius 3 is 2.72 bits per heavy atom. The lowest BCUT2D eigenvalue weighted by atomic mass is 10.0. The Kier molecular flexibility index (Phi) is 5.43. The molecule has 0 saturated carbocycles. The molecule has 1 heterocycles. The SMILES string of the molecule is COc1ccc(OC)c([C@@H]2CCCN2C(=S)Nc2cccc(C)c2)c1. The first kappa shape index (κ1) is 17.5. The Morgan fingerprint density at radius 1 is 1.16 bits per heavy atom. The molecule has 2 aromatic rings. The average Bonchev–Trinajstić information content (AvgIpc) is 3.11. The van der Waals surface area contributed by atoms with E-state index in [2.05, 4.69) is 35.3 Å². The standard InChI is InChI=1S/C20H24N2O2S/c1-14-6-4-7-15(12-14)21-20(25)22-11-5-8-18(22)17-13-16(23-2)9-10-19(17)24-3/h4,6-7,9-10,12-13,18H,5,8,11H2,1-3H3,(H,21,25)/t18-/m0/s1. The van der Waals surface area contributed by atoms with Crippen LogP contribution in [0.3, 0.4) is 0 Å². The quantitative estimate of drug-likeness (QED) is 0.813. The van der Waals surface area contributed by atoms with Crippen molar-refractivity contribution in [3.8, 4) is 11.5 Å². The predicted molar refractivity (Wildman–Crippen MR) is 106 cm³/mol. The minimum absolute atomic E-state index is 0.190. The maximum absolute atomic E-state index is 5.70. The lowest BCUT2D eigenvalue weighted by Gasteiger charge is -2.29. The van der Waals surface area contributed by atoms with E-state index in [1.807, 2.05) is 24.3 Å². The highest BCUT2D eigenvalue weighted by atomic mass is 32.1. The van der Waals surface area contributed by atoms with Crippen molar-refractivity contribution >= 4 is 23.0 Å². The van der Waals surface area contributed by atoms with Crippen LogP contribution in [-0.4, -0.2) is 30.8 Å². The highest BCUT2D eigenvalue weighted by molar-refractivity contribution is 7.80. The van der Waals surface area contributed by atoms with Crippen LogP contribution in [0.4, 0.5) is 5.69 Å². The molecule has 1 aliphatic rings. The fourth-order valence-corrected chi connectivity index (χ4v) is 3.69. The van der Waals surface area contributed by atoms with Crippen molar-refractivity contribution in [3.05, 3.63) is 53.6 Å². The van der Waals surface area contributed by atoms with Crippen molar-refractivity contribution in [1.29, 1.82) is 0 Å². The van der Waals surface area contributed by atoms with Crippen molar-refractivity contribution in [2.75, 3.05) is 26.1 Å². The van der Waals surface area contributed by atoms with Gasteiger partial charge in [-0.05, 0) is 67.9 Å². The van der Waals surface area contributed by atoms with Crippen molar-refractivity contribution < 1.29 is 9.47 Å². The topological polar surface area (TPSA) is 33.7 Å². The van der Waals surface area contributed by atoms with E-state index in [-0.39, 0.29) is 6.04 Å². The molecular weight excluding hydrogens is 332 g/mol. The number of hydrogen-bond acceptors (Lipinski definition) is 3. The van der Waals surface area contributed by atoms with Gasteiger partial charge in [-0.3, -0.25) is 0 Å². The van der Waals surface area contributed by atoms with Crippen molar-refractivity contribution in [1.82, 2.24) is 4.90 Å². The first-order chi connectivity index (χ1) is 12.1. The molecule has 4 nitrogen and oxygen atoms in total. The minimum atomic E-state index is 0.190. The van der Waals surface area contributed by atoms with Gasteiger partial charge in [0.15, 0.2) is 5.11 Å². The summed E-state index contributed by atoms with van der Waals surface area (Å²) in [6, 6.07) is 14.4. The van der Waals surface area contributed by atoms with Gasteiger partial charge in [-0.2, -0.15) is 0 Å². The fraction of sp³-hybridized carbons (Fsp3) is 0.350. The molecule has 1 N–H and O–H groups in total. The number of likely N-dealkylation sites (tertiary alicyclic amines) is 1. The van der Waals surface area contributed by atoms with Gasteiger partial charge in [0.1, 0.15) is 11.5 Å². The van der Waals surface area contributed by atoms with Gasteiger partial charge < -0.3 is 19.7 Å². The van der Waals surface area contributed by atoms with E-state index in [0.29, 0.717) is 0 Å². The third-order valence-electron chi connectivity index (χ3n) is 4.58. The molecule has 1 fully saturated rings. The van der Waals surface area contributed by atoms with Gasteiger partial charge in [-0.1, -0.05) is 12.1 Å². The lowest BCUT2D eigenvalue weighted by Crippen LogP contribution is -2.34. The molecule has 0 amide bonds. The molecule has 0 aliphatic carbocycles. The normalized spacial score (nSPS) is 16.6. The highest BCUT2D eigenvalue weighted by Gasteiger charge is 2.30. The number of nitrogens with one attached hydrogen (secondary N) is 1. The number of ether oxygens (including phenoxy) is 2. The molecule has 5 heteroatoms. The van der Waals surface area contributed by atoms with Crippen molar-refractivity contribution in [2.45, 2.75) is 25.8 Å². The zero-order chi connectivity index (χ0) is 17.8. The van der Waals surface area contributed by atoms with Crippen LogP contribution in [0.5, 0.6) is 11.5 Å². The van der Waals surface area contributed by atoms with Gasteiger partial charge >= 0.3 is 0 Å². The van der Waals surface area contributed by atoms with E-state index in [0.717, 1.165) is 47.2 Å². The summed E-state index contributed by atoms with van der Waals surface area (Å²) in [7, 11) is 3.38. The van der Waals surface area contributed by atoms with E-state index < -0.39 is 0 Å². The Morgan fingerprint density at radius 2 is 2.00 bits per heavy atom. The summed E-state index contributed by atoms with van der Waals surface area (Å²) in [6.07, 6.45) is 2.14. The Hall–Kier alpha value is -2.27. The van der Waals surface area contributed by atoms with E-state index in [4.69, 9.17) is 21.7 Å². The van der Waals surface area contributed by atoms with Crippen LogP contribution in [0.25, 0.3) is 0 Å². The van der Waals surface area contributed by atoms with Crippen LogP contribution in [0, 0.1) is 6.92 Å². The number of thiocarbonyl (C=S) groups is 1. The molecular formula is C20H24N2O2S. The first-order valence-electron chi connectivity index (χ1n) is 8.48. The van der Waals surface area contributed by atoms with Crippen LogP contribution in [0.1, 0.15) is 30.0 Å². The number of anilines is 1. The maximum Gasteiger partial charge on any atom is 0.173 e. The minimum Gasteiger partial charge on any atom is -0.497 e. The number of nitrogens with zero attached hydrogens (tertiary/aromatic N) is 1. The smallest absolute Gasteiger partial charge is 0.173 e. The number of hydrogen-bond donors (Lipinski definition) is 1. The molecule has 132 valence electrons. The van der Waals surface area contributed by atoms with Crippen LogP contribution >= 0.6 is 12.2 Å². The maximum atomic E-state index is 5.70. The van der Waals surface area contributed by atoms with Crippen LogP contribution in [-0.2, 0) is 0 Å². The van der Waals surface area contributed by atoms with Crippen molar-refractivity contribution in [3.63, 3.8) is 0 Å². The third-order valence-corrected chi connectivity index (χ3v) is 4.92. The van der Waals surface area contributed by atoms with Gasteiger partial charge in [-0.25, -0.2) is 0 Å². The molecule has 3 rings (SSSR count). The second kappa shape index (κ2) is 7.74. The zero-order valence-electron chi connectivity index (χ0n) is 14.9. The Bertz CT molecular complexity index is 763. The average molecular weight is 356 g/mol. The molecule has 1 aliphatic heterocycles. The summed E-state index contributed by atoms with van der Waals surface area (Å²) in [5.74, 6) is 1.70. The van der Waals surface area contributed by atoms with Crippen LogP contribution in [0.2, 0.25) is 0 Å². The van der Waals surface area contributed by atoms with Gasteiger partial charge in [0.05, 0.1) is 20.3 Å². The third kappa shape index (κ3) is 3.87. The summed E-state index contributed by atoms with van der Waals surface area (Å²) in [6.45, 7) is 3.01.